The molecule has 5 heteroatoms. The Hall–Kier alpha value is -5.68. The Balaban J connectivity index is 1.39. The van der Waals surface area contributed by atoms with Crippen molar-refractivity contribution in [3.8, 4) is 11.3 Å². The van der Waals surface area contributed by atoms with Crippen LogP contribution in [0.3, 0.4) is 0 Å². The second-order valence-electron chi connectivity index (χ2n) is 11.3. The lowest BCUT2D eigenvalue weighted by atomic mass is 9.88. The van der Waals surface area contributed by atoms with Crippen molar-refractivity contribution in [2.75, 3.05) is 4.90 Å². The van der Waals surface area contributed by atoms with Gasteiger partial charge in [-0.25, -0.2) is 9.97 Å². The van der Waals surface area contributed by atoms with Crippen LogP contribution in [0.2, 0.25) is 0 Å². The van der Waals surface area contributed by atoms with Crippen molar-refractivity contribution in [1.29, 1.82) is 0 Å². The number of para-hydroxylation sites is 3. The van der Waals surface area contributed by atoms with Gasteiger partial charge in [-0.3, -0.25) is 0 Å². The van der Waals surface area contributed by atoms with E-state index in [-0.39, 0.29) is 12.0 Å². The van der Waals surface area contributed by atoms with E-state index in [1.165, 1.54) is 5.56 Å². The Morgan fingerprint density at radius 3 is 2.00 bits per heavy atom. The van der Waals surface area contributed by atoms with Crippen LogP contribution in [-0.2, 0) is 0 Å². The van der Waals surface area contributed by atoms with Gasteiger partial charge in [0.1, 0.15) is 11.2 Å². The lowest BCUT2D eigenvalue weighted by Gasteiger charge is -2.27. The van der Waals surface area contributed by atoms with Crippen LogP contribution in [0.5, 0.6) is 0 Å². The molecule has 1 aliphatic carbocycles. The highest BCUT2D eigenvalue weighted by Crippen LogP contribution is 2.57. The number of fused-ring (bicyclic) bond motifs is 13. The highest BCUT2D eigenvalue weighted by atomic mass is 16.4. The first kappa shape index (κ1) is 22.9. The Morgan fingerprint density at radius 1 is 0.581 bits per heavy atom. The molecule has 8 aromatic rings. The maximum Gasteiger partial charge on any atom is 0.231 e. The van der Waals surface area contributed by atoms with E-state index in [0.717, 1.165) is 71.7 Å². The molecule has 0 amide bonds. The van der Waals surface area contributed by atoms with Gasteiger partial charge in [0.05, 0.1) is 28.3 Å². The Morgan fingerprint density at radius 2 is 1.21 bits per heavy atom. The molecule has 2 unspecified atom stereocenters. The van der Waals surface area contributed by atoms with Gasteiger partial charge in [0.25, 0.3) is 0 Å². The number of rotatable bonds is 2. The van der Waals surface area contributed by atoms with E-state index < -0.39 is 0 Å². The van der Waals surface area contributed by atoms with E-state index in [1.54, 1.807) is 0 Å². The maximum absolute atomic E-state index is 6.62. The topological polar surface area (TPSA) is 55.3 Å². The number of nitrogens with zero attached hydrogens (tertiary/aromatic N) is 3. The Labute approximate surface area is 246 Å². The fourth-order valence-corrected chi connectivity index (χ4v) is 7.22. The highest BCUT2D eigenvalue weighted by molar-refractivity contribution is 6.26. The van der Waals surface area contributed by atoms with Crippen LogP contribution >= 0.6 is 0 Å². The van der Waals surface area contributed by atoms with Crippen LogP contribution in [-0.4, -0.2) is 16.0 Å². The molecule has 1 aliphatic heterocycles. The van der Waals surface area contributed by atoms with E-state index >= 15 is 0 Å². The third-order valence-corrected chi connectivity index (χ3v) is 8.99. The molecule has 0 radical (unpaired) electrons. The molecule has 2 atom stereocenters. The van der Waals surface area contributed by atoms with E-state index in [0.29, 0.717) is 5.95 Å². The Bertz CT molecular complexity index is 2490. The lowest BCUT2D eigenvalue weighted by Crippen LogP contribution is -2.30. The number of furan rings is 2. The van der Waals surface area contributed by atoms with Crippen molar-refractivity contribution in [2.45, 2.75) is 12.0 Å². The van der Waals surface area contributed by atoms with Gasteiger partial charge in [0.15, 0.2) is 11.2 Å². The SMILES string of the molecule is C1=CC2c3c(c4c5ccccc5oc4c4oc5ccccc5c34)N(c3nc(-c4ccccc4)c4ccccc4n3)C2C=C1. The predicted molar refractivity (Wildman–Crippen MR) is 173 cm³/mol. The summed E-state index contributed by atoms with van der Waals surface area (Å²) in [4.78, 5) is 12.9. The second kappa shape index (κ2) is 8.43. The van der Waals surface area contributed by atoms with Crippen molar-refractivity contribution >= 4 is 66.4 Å². The van der Waals surface area contributed by atoms with Crippen molar-refractivity contribution < 1.29 is 8.83 Å². The van der Waals surface area contributed by atoms with E-state index in [9.17, 15) is 0 Å². The molecule has 0 spiro atoms. The number of hydrogen-bond acceptors (Lipinski definition) is 5. The molecule has 3 aromatic heterocycles. The standard InChI is InChI=1S/C38H23N3O2/c1-2-12-22(13-3-1)34-23-14-4-8-18-27(23)39-38(40-34)41-28-19-9-5-15-24(28)31-32-25-16-6-10-20-29(25)42-36(32)37-33(35(31)41)26-17-7-11-21-30(26)43-37/h1-21,24,28H. The van der Waals surface area contributed by atoms with E-state index in [4.69, 9.17) is 18.8 Å². The minimum Gasteiger partial charge on any atom is -0.452 e. The van der Waals surface area contributed by atoms with E-state index in [2.05, 4.69) is 95.9 Å². The minimum absolute atomic E-state index is 0.0130. The number of benzene rings is 5. The van der Waals surface area contributed by atoms with Gasteiger partial charge >= 0.3 is 0 Å². The third kappa shape index (κ3) is 3.06. The summed E-state index contributed by atoms with van der Waals surface area (Å²) >= 11 is 0. The molecule has 5 aromatic carbocycles. The van der Waals surface area contributed by atoms with Gasteiger partial charge in [-0.1, -0.05) is 109 Å². The summed E-state index contributed by atoms with van der Waals surface area (Å²) in [7, 11) is 0. The number of aromatic nitrogens is 2. The molecule has 0 bridgehead atoms. The lowest BCUT2D eigenvalue weighted by molar-refractivity contribution is 0.633. The van der Waals surface area contributed by atoms with E-state index in [1.807, 2.05) is 36.4 Å². The van der Waals surface area contributed by atoms with Gasteiger partial charge in [-0.2, -0.15) is 0 Å². The first-order valence-corrected chi connectivity index (χ1v) is 14.6. The average Bonchev–Trinajstić information content (AvgIpc) is 3.74. The van der Waals surface area contributed by atoms with Crippen LogP contribution in [0.25, 0.3) is 66.0 Å². The molecule has 202 valence electrons. The maximum atomic E-state index is 6.62. The van der Waals surface area contributed by atoms with Crippen LogP contribution in [0.1, 0.15) is 11.5 Å². The van der Waals surface area contributed by atoms with Crippen LogP contribution in [0, 0.1) is 0 Å². The molecule has 0 fully saturated rings. The first-order chi connectivity index (χ1) is 21.3. The largest absolute Gasteiger partial charge is 0.452 e. The minimum atomic E-state index is -0.0130. The molecule has 4 heterocycles. The van der Waals surface area contributed by atoms with Gasteiger partial charge < -0.3 is 13.7 Å². The molecule has 10 rings (SSSR count). The summed E-state index contributed by atoms with van der Waals surface area (Å²) < 4.78 is 13.2. The monoisotopic (exact) mass is 553 g/mol. The fraction of sp³-hybridized carbons (Fsp3) is 0.0526. The van der Waals surface area contributed by atoms with Crippen molar-refractivity contribution in [2.24, 2.45) is 0 Å². The molecule has 43 heavy (non-hydrogen) atoms. The van der Waals surface area contributed by atoms with Crippen molar-refractivity contribution in [3.05, 3.63) is 133 Å². The fourth-order valence-electron chi connectivity index (χ4n) is 7.22. The smallest absolute Gasteiger partial charge is 0.231 e. The molecule has 5 nitrogen and oxygen atoms in total. The number of allylic oxidation sites excluding steroid dienone is 2. The summed E-state index contributed by atoms with van der Waals surface area (Å²) in [5.41, 5.74) is 8.43. The molecule has 0 saturated carbocycles. The van der Waals surface area contributed by atoms with Crippen LogP contribution < -0.4 is 4.90 Å². The Kier molecular flexibility index (Phi) is 4.50. The third-order valence-electron chi connectivity index (χ3n) is 8.99. The zero-order valence-corrected chi connectivity index (χ0v) is 22.9. The summed E-state index contributed by atoms with van der Waals surface area (Å²) in [6, 6.07) is 35.2. The first-order valence-electron chi connectivity index (χ1n) is 14.6. The van der Waals surface area contributed by atoms with Gasteiger partial charge in [0.2, 0.25) is 5.95 Å². The van der Waals surface area contributed by atoms with Crippen molar-refractivity contribution in [3.63, 3.8) is 0 Å². The summed E-state index contributed by atoms with van der Waals surface area (Å²) in [6.07, 6.45) is 8.86. The summed E-state index contributed by atoms with van der Waals surface area (Å²) in [5.74, 6) is 0.752. The molecule has 2 aliphatic rings. The highest BCUT2D eigenvalue weighted by Gasteiger charge is 2.44. The number of hydrogen-bond donors (Lipinski definition) is 0. The summed E-state index contributed by atoms with van der Waals surface area (Å²) in [6.45, 7) is 0. The number of anilines is 2. The summed E-state index contributed by atoms with van der Waals surface area (Å²) in [5, 5.41) is 5.30. The van der Waals surface area contributed by atoms with Crippen LogP contribution in [0.4, 0.5) is 11.6 Å². The van der Waals surface area contributed by atoms with Gasteiger partial charge in [0, 0.05) is 33.0 Å². The molecular weight excluding hydrogens is 530 g/mol. The van der Waals surface area contributed by atoms with Gasteiger partial charge in [-0.05, 0) is 23.8 Å². The average molecular weight is 554 g/mol. The zero-order chi connectivity index (χ0) is 28.1. The van der Waals surface area contributed by atoms with Crippen molar-refractivity contribution in [1.82, 2.24) is 9.97 Å². The zero-order valence-electron chi connectivity index (χ0n) is 22.9. The van der Waals surface area contributed by atoms with Crippen LogP contribution in [0.15, 0.2) is 136 Å². The molecular formula is C38H23N3O2. The second-order valence-corrected chi connectivity index (χ2v) is 11.3. The quantitative estimate of drug-likeness (QED) is 0.213. The predicted octanol–water partition coefficient (Wildman–Crippen LogP) is 9.83. The normalized spacial score (nSPS) is 17.5. The molecule has 0 N–H and O–H groups in total. The molecule has 0 saturated heterocycles. The van der Waals surface area contributed by atoms with Gasteiger partial charge in [-0.15, -0.1) is 0 Å².